The van der Waals surface area contributed by atoms with Gasteiger partial charge in [-0.05, 0) is 123 Å². The number of hydrogen-bond donors (Lipinski definition) is 2. The fourth-order valence-electron chi connectivity index (χ4n) is 11.3. The van der Waals surface area contributed by atoms with Crippen LogP contribution in [0.2, 0.25) is 5.02 Å². The van der Waals surface area contributed by atoms with Gasteiger partial charge >= 0.3 is 5.97 Å². The maximum atomic E-state index is 15.5. The van der Waals surface area contributed by atoms with Crippen LogP contribution in [0.4, 0.5) is 4.39 Å². The minimum Gasteiger partial charge on any atom is -0.448 e. The van der Waals surface area contributed by atoms with Crippen molar-refractivity contribution in [3.8, 4) is 0 Å². The molecule has 2 N–H and O–H groups in total. The van der Waals surface area contributed by atoms with Crippen LogP contribution in [0.3, 0.4) is 0 Å². The van der Waals surface area contributed by atoms with Crippen molar-refractivity contribution in [3.05, 3.63) is 129 Å². The molecule has 60 heavy (non-hydrogen) atoms. The molecule has 1 heterocycles. The van der Waals surface area contributed by atoms with E-state index in [1.54, 1.807) is 11.0 Å². The van der Waals surface area contributed by atoms with Gasteiger partial charge in [0.15, 0.2) is 11.4 Å². The Kier molecular flexibility index (Phi) is 10.9. The van der Waals surface area contributed by atoms with Gasteiger partial charge in [0.2, 0.25) is 0 Å². The Labute approximate surface area is 358 Å². The largest absolute Gasteiger partial charge is 0.448 e. The average Bonchev–Trinajstić information content (AvgIpc) is 3.65. The summed E-state index contributed by atoms with van der Waals surface area (Å²) in [4.78, 5) is 45.3. The smallest absolute Gasteiger partial charge is 0.313 e. The first-order chi connectivity index (χ1) is 28.4. The third kappa shape index (κ3) is 6.82. The summed E-state index contributed by atoms with van der Waals surface area (Å²) in [6.45, 7) is 10.2. The molecular formula is C51H57ClFNO6. The van der Waals surface area contributed by atoms with Crippen LogP contribution in [0, 0.1) is 22.1 Å². The van der Waals surface area contributed by atoms with E-state index in [1.165, 1.54) is 12.1 Å². The van der Waals surface area contributed by atoms with E-state index < -0.39 is 39.4 Å². The SMILES string of the molecule is CC1=CCCC2(C)C(CCC2(O)CN(Cc2cccc3ccccc23)C(=O)C23CCC(C)(C(=O)O2)C3(C)C)c2ccc(cc2C(=O)Cc2c(F)cccc2Cl)CC(O)CC1. The van der Waals surface area contributed by atoms with Gasteiger partial charge in [-0.15, -0.1) is 0 Å². The Morgan fingerprint density at radius 1 is 0.933 bits per heavy atom. The molecule has 7 nitrogen and oxygen atoms in total. The van der Waals surface area contributed by atoms with E-state index in [2.05, 4.69) is 19.9 Å². The number of halogens is 2. The van der Waals surface area contributed by atoms with Crippen LogP contribution in [-0.4, -0.2) is 56.6 Å². The van der Waals surface area contributed by atoms with Crippen molar-refractivity contribution in [3.63, 3.8) is 0 Å². The molecule has 2 saturated carbocycles. The third-order valence-electron chi connectivity index (χ3n) is 15.8. The lowest BCUT2D eigenvalue weighted by Gasteiger charge is -2.47. The molecule has 0 spiro atoms. The number of ketones is 1. The van der Waals surface area contributed by atoms with Crippen LogP contribution in [0.25, 0.3) is 10.8 Å². The highest BCUT2D eigenvalue weighted by Gasteiger charge is 2.76. The fourth-order valence-corrected chi connectivity index (χ4v) is 11.6. The molecule has 4 bridgehead atoms. The van der Waals surface area contributed by atoms with Crippen molar-refractivity contribution < 1.29 is 33.7 Å². The van der Waals surface area contributed by atoms with Crippen LogP contribution in [0.15, 0.2) is 90.5 Å². The Bertz CT molecular complexity index is 2380. The van der Waals surface area contributed by atoms with Crippen LogP contribution >= 0.6 is 11.6 Å². The molecule has 4 aromatic carbocycles. The molecule has 0 radical (unpaired) electrons. The maximum absolute atomic E-state index is 15.5. The van der Waals surface area contributed by atoms with E-state index in [0.29, 0.717) is 63.4 Å². The number of esters is 1. The zero-order valence-corrected chi connectivity index (χ0v) is 36.2. The van der Waals surface area contributed by atoms with E-state index in [1.807, 2.05) is 81.4 Å². The lowest BCUT2D eigenvalue weighted by atomic mass is 9.64. The van der Waals surface area contributed by atoms with Crippen molar-refractivity contribution in [2.45, 2.75) is 129 Å². The Hall–Kier alpha value is -4.37. The van der Waals surface area contributed by atoms with Crippen molar-refractivity contribution in [2.24, 2.45) is 16.2 Å². The number of carbonyl (C=O) groups is 3. The number of aliphatic hydroxyl groups excluding tert-OH is 1. The van der Waals surface area contributed by atoms with E-state index in [0.717, 1.165) is 33.0 Å². The molecule has 3 fully saturated rings. The number of fused-ring (bicyclic) bond motifs is 11. The van der Waals surface area contributed by atoms with Gasteiger partial charge in [0, 0.05) is 39.9 Å². The van der Waals surface area contributed by atoms with Crippen LogP contribution < -0.4 is 0 Å². The molecule has 5 aliphatic rings. The molecule has 9 heteroatoms. The molecular weight excluding hydrogens is 777 g/mol. The van der Waals surface area contributed by atoms with Crippen LogP contribution in [0.1, 0.15) is 125 Å². The Balaban J connectivity index is 1.24. The van der Waals surface area contributed by atoms with Gasteiger partial charge in [0.1, 0.15) is 5.82 Å². The summed E-state index contributed by atoms with van der Waals surface area (Å²) >= 11 is 6.45. The van der Waals surface area contributed by atoms with Gasteiger partial charge in [-0.1, -0.05) is 105 Å². The highest BCUT2D eigenvalue weighted by Crippen LogP contribution is 2.66. The highest BCUT2D eigenvalue weighted by atomic mass is 35.5. The molecule has 316 valence electrons. The summed E-state index contributed by atoms with van der Waals surface area (Å²) in [7, 11) is 0. The second-order valence-electron chi connectivity index (χ2n) is 19.2. The number of nitrogens with zero attached hydrogens (tertiary/aromatic N) is 1. The predicted molar refractivity (Wildman–Crippen MR) is 232 cm³/mol. The third-order valence-corrected chi connectivity index (χ3v) is 16.1. The maximum Gasteiger partial charge on any atom is 0.313 e. The van der Waals surface area contributed by atoms with Crippen molar-refractivity contribution >= 4 is 40.0 Å². The molecule has 9 rings (SSSR count). The summed E-state index contributed by atoms with van der Waals surface area (Å²) in [5.74, 6) is -1.83. The van der Waals surface area contributed by atoms with E-state index in [-0.39, 0.29) is 53.7 Å². The first-order valence-corrected chi connectivity index (χ1v) is 22.0. The predicted octanol–water partition coefficient (Wildman–Crippen LogP) is 10.2. The number of hydrogen-bond acceptors (Lipinski definition) is 6. The van der Waals surface area contributed by atoms with Gasteiger partial charge in [-0.25, -0.2) is 4.39 Å². The number of carbonyl (C=O) groups excluding carboxylic acids is 3. The first kappa shape index (κ1) is 42.3. The summed E-state index contributed by atoms with van der Waals surface area (Å²) in [5.41, 5.74) is -1.13. The normalized spacial score (nSPS) is 29.8. The van der Waals surface area contributed by atoms with Gasteiger partial charge < -0.3 is 19.8 Å². The molecule has 6 atom stereocenters. The minimum absolute atomic E-state index is 0.0186. The van der Waals surface area contributed by atoms with Gasteiger partial charge in [0.25, 0.3) is 5.91 Å². The summed E-state index contributed by atoms with van der Waals surface area (Å²) in [5, 5.41) is 26.8. The topological polar surface area (TPSA) is 104 Å². The standard InChI is InChI=1S/C51H57ClFNO6/c1-32-11-10-23-48(4)41(38-21-19-33(27-36(55)20-18-32)28-39(38)44(56)29-40-42(52)16-9-17-43(40)53)22-24-50(48,59)31-54(30-35-14-8-13-34-12-6-7-15-37(34)35)45(57)51-26-25-49(5,46(58)60-51)47(51,2)3/h6-9,11-17,19,21,28,36,41,55,59H,10,18,20,22-27,29-31H2,1-5H3. The zero-order chi connectivity index (χ0) is 42.8. The number of allylic oxidation sites excluding steroid dienone is 2. The van der Waals surface area contributed by atoms with E-state index in [9.17, 15) is 19.8 Å². The molecule has 1 aliphatic heterocycles. The van der Waals surface area contributed by atoms with Crippen molar-refractivity contribution in [1.82, 2.24) is 4.90 Å². The molecule has 4 aromatic rings. The fraction of sp³-hybridized carbons (Fsp3) is 0.471. The zero-order valence-electron chi connectivity index (χ0n) is 35.5. The van der Waals surface area contributed by atoms with E-state index >= 15 is 9.18 Å². The second-order valence-corrected chi connectivity index (χ2v) is 19.6. The van der Waals surface area contributed by atoms with Gasteiger partial charge in [-0.3, -0.25) is 14.4 Å². The minimum atomic E-state index is -1.44. The van der Waals surface area contributed by atoms with Crippen LogP contribution in [-0.2, 0) is 33.7 Å². The molecule has 1 saturated heterocycles. The van der Waals surface area contributed by atoms with Crippen molar-refractivity contribution in [1.29, 1.82) is 0 Å². The number of benzene rings is 4. The summed E-state index contributed by atoms with van der Waals surface area (Å²) in [6, 6.07) is 24.2. The van der Waals surface area contributed by atoms with Gasteiger partial charge in [-0.2, -0.15) is 0 Å². The second kappa shape index (κ2) is 15.5. The summed E-state index contributed by atoms with van der Waals surface area (Å²) < 4.78 is 21.4. The van der Waals surface area contributed by atoms with Crippen LogP contribution in [0.5, 0.6) is 0 Å². The number of Topliss-reactive ketones (excluding diaryl/α,β-unsaturated/α-hetero) is 1. The number of aliphatic hydroxyl groups is 2. The molecule has 0 aromatic heterocycles. The van der Waals surface area contributed by atoms with E-state index in [4.69, 9.17) is 16.3 Å². The molecule has 1 amide bonds. The Morgan fingerprint density at radius 2 is 1.68 bits per heavy atom. The quantitative estimate of drug-likeness (QED) is 0.104. The number of ether oxygens (including phenoxy) is 1. The highest BCUT2D eigenvalue weighted by molar-refractivity contribution is 6.31. The monoisotopic (exact) mass is 833 g/mol. The lowest BCUT2D eigenvalue weighted by molar-refractivity contribution is -0.178. The lowest BCUT2D eigenvalue weighted by Crippen LogP contribution is -2.60. The number of amides is 1. The Morgan fingerprint density at radius 3 is 2.42 bits per heavy atom. The molecule has 4 aliphatic carbocycles. The van der Waals surface area contributed by atoms with Gasteiger partial charge in [0.05, 0.1) is 23.7 Å². The number of rotatable bonds is 8. The summed E-state index contributed by atoms with van der Waals surface area (Å²) in [6.07, 6.45) is 5.91. The van der Waals surface area contributed by atoms with Crippen molar-refractivity contribution in [2.75, 3.05) is 6.54 Å². The first-order valence-electron chi connectivity index (χ1n) is 21.6. The average molecular weight is 834 g/mol. The molecule has 6 unspecified atom stereocenters.